The summed E-state index contributed by atoms with van der Waals surface area (Å²) in [7, 11) is -3.62. The first-order valence-electron chi connectivity index (χ1n) is 10.1. The van der Waals surface area contributed by atoms with Crippen LogP contribution in [0.1, 0.15) is 59.2 Å². The average Bonchev–Trinajstić information content (AvgIpc) is 3.20. The maximum Gasteiger partial charge on any atom is 0.243 e. The molecule has 0 radical (unpaired) electrons. The number of amides is 1. The van der Waals surface area contributed by atoms with Crippen LogP contribution in [0.3, 0.4) is 0 Å². The number of sulfonamides is 1. The van der Waals surface area contributed by atoms with Crippen molar-refractivity contribution in [2.45, 2.75) is 63.3 Å². The molecule has 1 aliphatic heterocycles. The Balaban J connectivity index is 1.71. The molecule has 1 atom stereocenters. The van der Waals surface area contributed by atoms with E-state index in [4.69, 9.17) is 4.52 Å². The number of aromatic nitrogens is 2. The van der Waals surface area contributed by atoms with Crippen LogP contribution in [0.25, 0.3) is 0 Å². The summed E-state index contributed by atoms with van der Waals surface area (Å²) in [6.07, 6.45) is 1.25. The molecule has 30 heavy (non-hydrogen) atoms. The van der Waals surface area contributed by atoms with Gasteiger partial charge >= 0.3 is 0 Å². The van der Waals surface area contributed by atoms with Crippen LogP contribution in [0.15, 0.2) is 39.8 Å². The van der Waals surface area contributed by atoms with Crippen LogP contribution in [0.2, 0.25) is 0 Å². The van der Waals surface area contributed by atoms with Crippen LogP contribution in [0.5, 0.6) is 0 Å². The van der Waals surface area contributed by atoms with E-state index in [9.17, 15) is 13.2 Å². The molecule has 1 aliphatic rings. The minimum absolute atomic E-state index is 0.151. The zero-order valence-electron chi connectivity index (χ0n) is 18.2. The second kappa shape index (κ2) is 8.11. The first-order chi connectivity index (χ1) is 13.9. The topological polar surface area (TPSA) is 105 Å². The molecule has 2 aromatic rings. The minimum Gasteiger partial charge on any atom is -0.344 e. The van der Waals surface area contributed by atoms with Gasteiger partial charge in [-0.3, -0.25) is 4.79 Å². The highest BCUT2D eigenvalue weighted by molar-refractivity contribution is 7.89. The molecule has 3 rings (SSSR count). The molecule has 0 bridgehead atoms. The molecule has 1 saturated heterocycles. The summed E-state index contributed by atoms with van der Waals surface area (Å²) < 4.78 is 32.6. The molecule has 1 unspecified atom stereocenters. The van der Waals surface area contributed by atoms with Gasteiger partial charge in [-0.1, -0.05) is 44.1 Å². The van der Waals surface area contributed by atoms with Crippen LogP contribution in [-0.2, 0) is 25.8 Å². The van der Waals surface area contributed by atoms with Crippen LogP contribution < -0.4 is 5.32 Å². The van der Waals surface area contributed by atoms with Crippen molar-refractivity contribution in [1.82, 2.24) is 19.8 Å². The molecule has 1 aromatic carbocycles. The fraction of sp³-hybridized carbons (Fsp3) is 0.571. The quantitative estimate of drug-likeness (QED) is 0.776. The SMILES string of the molecule is CC(C)(C)c1nc(C(C)(C)NC(=O)C2CCCN(S(=O)(=O)c3ccccc3)C2)no1. The lowest BCUT2D eigenvalue weighted by Crippen LogP contribution is -2.50. The molecule has 9 heteroatoms. The molecule has 8 nitrogen and oxygen atoms in total. The summed E-state index contributed by atoms with van der Waals surface area (Å²) in [5.41, 5.74) is -1.13. The number of piperidine rings is 1. The number of nitrogens with one attached hydrogen (secondary N) is 1. The average molecular weight is 435 g/mol. The van der Waals surface area contributed by atoms with Crippen molar-refractivity contribution >= 4 is 15.9 Å². The second-order valence-corrected chi connectivity index (χ2v) is 11.2. The van der Waals surface area contributed by atoms with Crippen LogP contribution in [-0.4, -0.2) is 41.9 Å². The van der Waals surface area contributed by atoms with Gasteiger partial charge in [-0.2, -0.15) is 9.29 Å². The molecule has 1 fully saturated rings. The van der Waals surface area contributed by atoms with E-state index < -0.39 is 21.5 Å². The standard InChI is InChI=1S/C21H30N4O4S/c1-20(2,3)19-22-18(24-29-19)21(4,5)23-17(26)15-10-9-13-25(14-15)30(27,28)16-11-7-6-8-12-16/h6-8,11-12,15H,9-10,13-14H2,1-5H3,(H,23,26). The van der Waals surface area contributed by atoms with Gasteiger partial charge in [0.25, 0.3) is 0 Å². The number of hydrogen-bond acceptors (Lipinski definition) is 6. The maximum absolute atomic E-state index is 13.0. The van der Waals surface area contributed by atoms with E-state index in [2.05, 4.69) is 15.5 Å². The normalized spacial score (nSPS) is 18.9. The van der Waals surface area contributed by atoms with E-state index in [0.29, 0.717) is 31.1 Å². The summed E-state index contributed by atoms with van der Waals surface area (Å²) in [4.78, 5) is 17.7. The first kappa shape index (κ1) is 22.4. The van der Waals surface area contributed by atoms with E-state index >= 15 is 0 Å². The number of benzene rings is 1. The van der Waals surface area contributed by atoms with Gasteiger partial charge in [-0.15, -0.1) is 0 Å². The van der Waals surface area contributed by atoms with Crippen molar-refractivity contribution in [3.63, 3.8) is 0 Å². The Kier molecular flexibility index (Phi) is 6.06. The zero-order valence-corrected chi connectivity index (χ0v) is 19.0. The highest BCUT2D eigenvalue weighted by Crippen LogP contribution is 2.27. The van der Waals surface area contributed by atoms with E-state index in [1.165, 1.54) is 4.31 Å². The highest BCUT2D eigenvalue weighted by Gasteiger charge is 2.37. The Bertz CT molecular complexity index is 994. The van der Waals surface area contributed by atoms with E-state index in [0.717, 1.165) is 0 Å². The highest BCUT2D eigenvalue weighted by atomic mass is 32.2. The van der Waals surface area contributed by atoms with Crippen molar-refractivity contribution < 1.29 is 17.7 Å². The molecule has 1 N–H and O–H groups in total. The number of nitrogens with zero attached hydrogens (tertiary/aromatic N) is 3. The Morgan fingerprint density at radius 2 is 1.83 bits per heavy atom. The van der Waals surface area contributed by atoms with E-state index in [1.807, 2.05) is 34.6 Å². The summed E-state index contributed by atoms with van der Waals surface area (Å²) in [5.74, 6) is 0.239. The van der Waals surface area contributed by atoms with Gasteiger partial charge in [0, 0.05) is 18.5 Å². The molecule has 1 aromatic heterocycles. The number of carbonyl (C=O) groups excluding carboxylic acids is 1. The van der Waals surface area contributed by atoms with Crippen molar-refractivity contribution in [3.8, 4) is 0 Å². The van der Waals surface area contributed by atoms with Gasteiger partial charge in [0.1, 0.15) is 0 Å². The van der Waals surface area contributed by atoms with Crippen molar-refractivity contribution in [2.75, 3.05) is 13.1 Å². The molecular weight excluding hydrogens is 404 g/mol. The molecule has 164 valence electrons. The van der Waals surface area contributed by atoms with Crippen molar-refractivity contribution in [1.29, 1.82) is 0 Å². The van der Waals surface area contributed by atoms with Crippen LogP contribution in [0.4, 0.5) is 0 Å². The summed E-state index contributed by atoms with van der Waals surface area (Å²) >= 11 is 0. The predicted octanol–water partition coefficient (Wildman–Crippen LogP) is 2.82. The van der Waals surface area contributed by atoms with E-state index in [-0.39, 0.29) is 22.8 Å². The Hall–Kier alpha value is -2.26. The van der Waals surface area contributed by atoms with E-state index in [1.54, 1.807) is 30.3 Å². The largest absolute Gasteiger partial charge is 0.344 e. The van der Waals surface area contributed by atoms with Gasteiger partial charge in [0.05, 0.1) is 16.4 Å². The lowest BCUT2D eigenvalue weighted by molar-refractivity contribution is -0.127. The minimum atomic E-state index is -3.62. The fourth-order valence-corrected chi connectivity index (χ4v) is 4.91. The van der Waals surface area contributed by atoms with Crippen LogP contribution in [0, 0.1) is 5.92 Å². The predicted molar refractivity (Wildman–Crippen MR) is 112 cm³/mol. The lowest BCUT2D eigenvalue weighted by atomic mass is 9.95. The smallest absolute Gasteiger partial charge is 0.243 e. The molecular formula is C21H30N4O4S. The monoisotopic (exact) mass is 434 g/mol. The third kappa shape index (κ3) is 4.73. The summed E-state index contributed by atoms with van der Waals surface area (Å²) in [6.45, 7) is 10.1. The van der Waals surface area contributed by atoms with Crippen molar-refractivity contribution in [2.24, 2.45) is 5.92 Å². The molecule has 0 aliphatic carbocycles. The maximum atomic E-state index is 13.0. The molecule has 2 heterocycles. The third-order valence-electron chi connectivity index (χ3n) is 5.20. The molecule has 1 amide bonds. The molecule has 0 saturated carbocycles. The van der Waals surface area contributed by atoms with Gasteiger partial charge in [0.15, 0.2) is 5.82 Å². The van der Waals surface area contributed by atoms with Gasteiger partial charge in [-0.25, -0.2) is 8.42 Å². The number of carbonyl (C=O) groups is 1. The van der Waals surface area contributed by atoms with Gasteiger partial charge in [-0.05, 0) is 38.8 Å². The third-order valence-corrected chi connectivity index (χ3v) is 7.08. The summed E-state index contributed by atoms with van der Waals surface area (Å²) in [5, 5.41) is 7.01. The number of rotatable bonds is 5. The Morgan fingerprint density at radius 3 is 2.43 bits per heavy atom. The first-order valence-corrected chi connectivity index (χ1v) is 11.6. The lowest BCUT2D eigenvalue weighted by Gasteiger charge is -2.33. The Labute approximate surface area is 178 Å². The van der Waals surface area contributed by atoms with Crippen LogP contribution >= 0.6 is 0 Å². The zero-order chi connectivity index (χ0) is 22.2. The number of hydrogen-bond donors (Lipinski definition) is 1. The van der Waals surface area contributed by atoms with Crippen molar-refractivity contribution in [3.05, 3.63) is 42.0 Å². The second-order valence-electron chi connectivity index (χ2n) is 9.30. The molecule has 0 spiro atoms. The fourth-order valence-electron chi connectivity index (χ4n) is 3.36. The van der Waals surface area contributed by atoms with Gasteiger partial charge in [0.2, 0.25) is 21.8 Å². The van der Waals surface area contributed by atoms with Gasteiger partial charge < -0.3 is 9.84 Å². The summed E-state index contributed by atoms with van der Waals surface area (Å²) in [6, 6.07) is 8.31. The Morgan fingerprint density at radius 1 is 1.17 bits per heavy atom.